The molecule has 1 saturated carbocycles. The van der Waals surface area contributed by atoms with Crippen molar-refractivity contribution in [3.8, 4) is 0 Å². The second-order valence-corrected chi connectivity index (χ2v) is 8.94. The van der Waals surface area contributed by atoms with E-state index in [2.05, 4.69) is 40.0 Å². The summed E-state index contributed by atoms with van der Waals surface area (Å²) in [6.07, 6.45) is 4.87. The van der Waals surface area contributed by atoms with Crippen LogP contribution >= 0.6 is 11.5 Å². The van der Waals surface area contributed by atoms with E-state index in [1.807, 2.05) is 36.4 Å². The Balaban J connectivity index is 1.66. The largest absolute Gasteiger partial charge is 0.351 e. The number of carbonyl (C=O) groups is 2. The molecule has 7 heteroatoms. The van der Waals surface area contributed by atoms with Gasteiger partial charge in [0.1, 0.15) is 6.04 Å². The summed E-state index contributed by atoms with van der Waals surface area (Å²) >= 11 is 1.13. The Morgan fingerprint density at radius 1 is 1.12 bits per heavy atom. The quantitative estimate of drug-likeness (QED) is 0.557. The van der Waals surface area contributed by atoms with E-state index < -0.39 is 6.04 Å². The molecule has 4 rings (SSSR count). The molecular weight excluding hydrogens is 420 g/mol. The van der Waals surface area contributed by atoms with Gasteiger partial charge in [0, 0.05) is 18.0 Å². The molecule has 32 heavy (non-hydrogen) atoms. The second-order valence-electron chi connectivity index (χ2n) is 8.33. The third kappa shape index (κ3) is 5.40. The average molecular weight is 449 g/mol. The number of aromatic nitrogens is 2. The average Bonchev–Trinajstić information content (AvgIpc) is 3.51. The summed E-state index contributed by atoms with van der Waals surface area (Å²) in [7, 11) is 0. The van der Waals surface area contributed by atoms with E-state index in [0.717, 1.165) is 48.3 Å². The fourth-order valence-corrected chi connectivity index (χ4v) is 4.76. The minimum Gasteiger partial charge on any atom is -0.351 e. The molecule has 1 aliphatic rings. The molecule has 0 bridgehead atoms. The van der Waals surface area contributed by atoms with Crippen molar-refractivity contribution in [3.05, 3.63) is 82.4 Å². The van der Waals surface area contributed by atoms with Gasteiger partial charge in [-0.15, -0.1) is 5.10 Å². The van der Waals surface area contributed by atoms with Gasteiger partial charge in [0.2, 0.25) is 5.91 Å². The van der Waals surface area contributed by atoms with Crippen LogP contribution in [0.2, 0.25) is 0 Å². The lowest BCUT2D eigenvalue weighted by Gasteiger charge is -2.32. The monoisotopic (exact) mass is 448 g/mol. The summed E-state index contributed by atoms with van der Waals surface area (Å²) in [5.74, 6) is -0.411. The van der Waals surface area contributed by atoms with Crippen LogP contribution in [-0.4, -0.2) is 38.9 Å². The van der Waals surface area contributed by atoms with Gasteiger partial charge in [0.15, 0.2) is 5.69 Å². The standard InChI is InChI=1S/C25H28N4O2S/c1-18-8-7-9-19(16-18)14-15-29(25(31)22-17-32-28-27-22)23(20-10-3-2-4-11-20)24(30)26-21-12-5-6-13-21/h2-4,7-11,16-17,21,23H,5-6,12-15H2,1H3,(H,26,30). The van der Waals surface area contributed by atoms with E-state index in [1.165, 1.54) is 5.56 Å². The maximum absolute atomic E-state index is 13.5. The van der Waals surface area contributed by atoms with Crippen LogP contribution in [0.3, 0.4) is 0 Å². The SMILES string of the molecule is Cc1cccc(CCN(C(=O)c2csnn2)C(C(=O)NC2CCCC2)c2ccccc2)c1. The number of hydrogen-bond acceptors (Lipinski definition) is 5. The van der Waals surface area contributed by atoms with E-state index in [4.69, 9.17) is 0 Å². The van der Waals surface area contributed by atoms with Gasteiger partial charge in [-0.1, -0.05) is 77.5 Å². The van der Waals surface area contributed by atoms with Crippen LogP contribution in [0.1, 0.15) is 58.9 Å². The Kier molecular flexibility index (Phi) is 7.27. The van der Waals surface area contributed by atoms with Gasteiger partial charge in [-0.25, -0.2) is 0 Å². The first-order valence-corrected chi connectivity index (χ1v) is 11.9. The minimum absolute atomic E-state index is 0.135. The summed E-state index contributed by atoms with van der Waals surface area (Å²) in [6, 6.07) is 17.2. The third-order valence-corrected chi connectivity index (χ3v) is 6.45. The lowest BCUT2D eigenvalue weighted by molar-refractivity contribution is -0.126. The van der Waals surface area contributed by atoms with Crippen LogP contribution < -0.4 is 5.32 Å². The maximum Gasteiger partial charge on any atom is 0.276 e. The van der Waals surface area contributed by atoms with E-state index in [9.17, 15) is 9.59 Å². The van der Waals surface area contributed by atoms with E-state index in [1.54, 1.807) is 10.3 Å². The number of benzene rings is 2. The van der Waals surface area contributed by atoms with Crippen LogP contribution in [0.25, 0.3) is 0 Å². The highest BCUT2D eigenvalue weighted by Gasteiger charge is 2.34. The van der Waals surface area contributed by atoms with Crippen molar-refractivity contribution in [2.24, 2.45) is 0 Å². The predicted octanol–water partition coefficient (Wildman–Crippen LogP) is 4.33. The lowest BCUT2D eigenvalue weighted by atomic mass is 10.0. The number of carbonyl (C=O) groups excluding carboxylic acids is 2. The molecule has 1 atom stereocenters. The van der Waals surface area contributed by atoms with Crippen LogP contribution in [-0.2, 0) is 11.2 Å². The maximum atomic E-state index is 13.5. The van der Waals surface area contributed by atoms with Gasteiger partial charge in [0.25, 0.3) is 5.91 Å². The number of amides is 2. The highest BCUT2D eigenvalue weighted by molar-refractivity contribution is 7.03. The third-order valence-electron chi connectivity index (χ3n) is 5.94. The van der Waals surface area contributed by atoms with Crippen molar-refractivity contribution >= 4 is 23.3 Å². The zero-order valence-corrected chi connectivity index (χ0v) is 19.1. The molecule has 0 spiro atoms. The molecule has 0 radical (unpaired) electrons. The number of rotatable bonds is 8. The highest BCUT2D eigenvalue weighted by atomic mass is 32.1. The van der Waals surface area contributed by atoms with Crippen molar-refractivity contribution < 1.29 is 9.59 Å². The first-order chi connectivity index (χ1) is 15.6. The van der Waals surface area contributed by atoms with Crippen molar-refractivity contribution in [3.63, 3.8) is 0 Å². The summed E-state index contributed by atoms with van der Waals surface area (Å²) in [6.45, 7) is 2.45. The lowest BCUT2D eigenvalue weighted by Crippen LogP contribution is -2.47. The summed E-state index contributed by atoms with van der Waals surface area (Å²) in [4.78, 5) is 28.7. The molecule has 1 heterocycles. The van der Waals surface area contributed by atoms with E-state index in [-0.39, 0.29) is 23.6 Å². The van der Waals surface area contributed by atoms with Crippen LogP contribution in [0.15, 0.2) is 60.0 Å². The molecule has 1 unspecified atom stereocenters. The van der Waals surface area contributed by atoms with Gasteiger partial charge in [-0.2, -0.15) is 0 Å². The van der Waals surface area contributed by atoms with Gasteiger partial charge < -0.3 is 10.2 Å². The molecule has 6 nitrogen and oxygen atoms in total. The zero-order valence-electron chi connectivity index (χ0n) is 18.2. The molecule has 166 valence electrons. The van der Waals surface area contributed by atoms with Crippen molar-refractivity contribution in [2.45, 2.75) is 51.1 Å². The van der Waals surface area contributed by atoms with Gasteiger partial charge in [-0.05, 0) is 48.8 Å². The van der Waals surface area contributed by atoms with Crippen LogP contribution in [0.5, 0.6) is 0 Å². The fourth-order valence-electron chi connectivity index (χ4n) is 4.33. The zero-order chi connectivity index (χ0) is 22.3. The van der Waals surface area contributed by atoms with Crippen LogP contribution in [0, 0.1) is 6.92 Å². The number of aryl methyl sites for hydroxylation is 1. The molecule has 1 aliphatic carbocycles. The normalized spacial score (nSPS) is 14.8. The number of nitrogens with zero attached hydrogens (tertiary/aromatic N) is 3. The first kappa shape index (κ1) is 22.1. The molecule has 2 amide bonds. The summed E-state index contributed by atoms with van der Waals surface area (Å²) in [5.41, 5.74) is 3.36. The molecule has 3 aromatic rings. The molecule has 0 aliphatic heterocycles. The Morgan fingerprint density at radius 3 is 2.59 bits per heavy atom. The minimum atomic E-state index is -0.726. The van der Waals surface area contributed by atoms with Crippen molar-refractivity contribution in [1.29, 1.82) is 0 Å². The van der Waals surface area contributed by atoms with Crippen molar-refractivity contribution in [1.82, 2.24) is 19.8 Å². The number of hydrogen-bond donors (Lipinski definition) is 1. The predicted molar refractivity (Wildman–Crippen MR) is 125 cm³/mol. The molecule has 2 aromatic carbocycles. The summed E-state index contributed by atoms with van der Waals surface area (Å²) < 4.78 is 3.86. The van der Waals surface area contributed by atoms with E-state index in [0.29, 0.717) is 13.0 Å². The Morgan fingerprint density at radius 2 is 1.91 bits per heavy atom. The Hall–Kier alpha value is -3.06. The Bertz CT molecular complexity index is 1030. The number of nitrogens with one attached hydrogen (secondary N) is 1. The molecule has 1 fully saturated rings. The smallest absolute Gasteiger partial charge is 0.276 e. The van der Waals surface area contributed by atoms with Gasteiger partial charge in [-0.3, -0.25) is 9.59 Å². The van der Waals surface area contributed by atoms with E-state index >= 15 is 0 Å². The Labute approximate surface area is 192 Å². The molecule has 0 saturated heterocycles. The fraction of sp³-hybridized carbons (Fsp3) is 0.360. The van der Waals surface area contributed by atoms with Crippen molar-refractivity contribution in [2.75, 3.05) is 6.54 Å². The molecule has 1 aromatic heterocycles. The second kappa shape index (κ2) is 10.5. The van der Waals surface area contributed by atoms with Gasteiger partial charge in [0.05, 0.1) is 0 Å². The van der Waals surface area contributed by atoms with Gasteiger partial charge >= 0.3 is 0 Å². The molecular formula is C25H28N4O2S. The van der Waals surface area contributed by atoms with Crippen LogP contribution in [0.4, 0.5) is 0 Å². The topological polar surface area (TPSA) is 75.2 Å². The molecule has 1 N–H and O–H groups in total. The summed E-state index contributed by atoms with van der Waals surface area (Å²) in [5, 5.41) is 8.83. The first-order valence-electron chi connectivity index (χ1n) is 11.1. The highest BCUT2D eigenvalue weighted by Crippen LogP contribution is 2.26.